The third-order valence-corrected chi connectivity index (χ3v) is 8.62. The molecule has 0 heterocycles. The van der Waals surface area contributed by atoms with Gasteiger partial charge in [-0.1, -0.05) is 45.4 Å². The first-order chi connectivity index (χ1) is 16.5. The number of aliphatic hydroxyl groups is 1. The van der Waals surface area contributed by atoms with Crippen LogP contribution in [-0.2, 0) is 9.53 Å². The first kappa shape index (κ1) is 27.3. The summed E-state index contributed by atoms with van der Waals surface area (Å²) in [5.74, 6) is 1.60. The molecule has 1 aromatic carbocycles. The van der Waals surface area contributed by atoms with Gasteiger partial charge < -0.3 is 19.7 Å². The molecule has 2 N–H and O–H groups in total. The van der Waals surface area contributed by atoms with E-state index in [0.29, 0.717) is 30.1 Å². The fourth-order valence-electron chi connectivity index (χ4n) is 6.83. The second-order valence-electron chi connectivity index (χ2n) is 11.7. The lowest BCUT2D eigenvalue weighted by Crippen LogP contribution is -2.52. The van der Waals surface area contributed by atoms with Gasteiger partial charge in [-0.15, -0.1) is 0 Å². The molecular formula is C30H44O5. The summed E-state index contributed by atoms with van der Waals surface area (Å²) in [6.45, 7) is 12.0. The maximum absolute atomic E-state index is 12.1. The fourth-order valence-corrected chi connectivity index (χ4v) is 6.83. The predicted molar refractivity (Wildman–Crippen MR) is 140 cm³/mol. The summed E-state index contributed by atoms with van der Waals surface area (Å²) in [6, 6.07) is 4.91. The van der Waals surface area contributed by atoms with E-state index in [0.717, 1.165) is 44.1 Å². The summed E-state index contributed by atoms with van der Waals surface area (Å²) in [6.07, 6.45) is 11.2. The summed E-state index contributed by atoms with van der Waals surface area (Å²) in [4.78, 5) is 12.1. The number of aliphatic hydroxyl groups excluding tert-OH is 1. The summed E-state index contributed by atoms with van der Waals surface area (Å²) in [5, 5.41) is 20.3. The second kappa shape index (κ2) is 11.2. The minimum Gasteiger partial charge on any atom is -0.504 e. The molecule has 1 aromatic rings. The van der Waals surface area contributed by atoms with Gasteiger partial charge in [0.1, 0.15) is 0 Å². The maximum Gasteiger partial charge on any atom is 0.330 e. The number of hydrogen-bond acceptors (Lipinski definition) is 5. The molecule has 5 unspecified atom stereocenters. The van der Waals surface area contributed by atoms with Gasteiger partial charge in [0.25, 0.3) is 0 Å². The van der Waals surface area contributed by atoms with Crippen LogP contribution >= 0.6 is 0 Å². The highest BCUT2D eigenvalue weighted by Gasteiger charge is 2.53. The van der Waals surface area contributed by atoms with E-state index in [1.54, 1.807) is 18.2 Å². The number of esters is 1. The molecule has 0 saturated heterocycles. The largest absolute Gasteiger partial charge is 0.504 e. The lowest BCUT2D eigenvalue weighted by molar-refractivity contribution is -0.138. The number of methoxy groups -OCH3 is 1. The first-order valence-electron chi connectivity index (χ1n) is 13.0. The van der Waals surface area contributed by atoms with Gasteiger partial charge in [0.05, 0.1) is 19.8 Å². The third kappa shape index (κ3) is 6.49. The third-order valence-electron chi connectivity index (χ3n) is 8.62. The van der Waals surface area contributed by atoms with E-state index in [-0.39, 0.29) is 28.7 Å². The van der Waals surface area contributed by atoms with E-state index in [2.05, 4.69) is 40.7 Å². The Bertz CT molecular complexity index is 946. The summed E-state index contributed by atoms with van der Waals surface area (Å²) in [5.41, 5.74) is 2.51. The number of allylic oxidation sites excluding steroid dienone is 2. The molecule has 1 fully saturated rings. The lowest BCUT2D eigenvalue weighted by atomic mass is 9.47. The van der Waals surface area contributed by atoms with Crippen molar-refractivity contribution in [2.75, 3.05) is 13.7 Å². The number of carbonyl (C=O) groups excluding carboxylic acids is 1. The topological polar surface area (TPSA) is 76.0 Å². The SMILES string of the molecule is COc1cc(C=CC(=O)OCCC(C)CCC2C(C)=CCC3C(C)(C)CC(O)CC23C)ccc1O. The molecule has 5 nitrogen and oxygen atoms in total. The van der Waals surface area contributed by atoms with Crippen LogP contribution < -0.4 is 4.74 Å². The lowest BCUT2D eigenvalue weighted by Gasteiger charge is -2.58. The minimum atomic E-state index is -0.371. The number of fused-ring (bicyclic) bond motifs is 1. The summed E-state index contributed by atoms with van der Waals surface area (Å²) < 4.78 is 10.5. The van der Waals surface area contributed by atoms with Crippen molar-refractivity contribution in [3.05, 3.63) is 41.5 Å². The first-order valence-corrected chi connectivity index (χ1v) is 13.0. The van der Waals surface area contributed by atoms with Gasteiger partial charge in [-0.3, -0.25) is 0 Å². The fraction of sp³-hybridized carbons (Fsp3) is 0.633. The van der Waals surface area contributed by atoms with Crippen LogP contribution in [0.2, 0.25) is 0 Å². The highest BCUT2D eigenvalue weighted by Crippen LogP contribution is 2.60. The van der Waals surface area contributed by atoms with E-state index in [1.165, 1.54) is 24.8 Å². The van der Waals surface area contributed by atoms with E-state index in [9.17, 15) is 15.0 Å². The van der Waals surface area contributed by atoms with Crippen molar-refractivity contribution in [1.29, 1.82) is 0 Å². The van der Waals surface area contributed by atoms with Crippen molar-refractivity contribution >= 4 is 12.0 Å². The monoisotopic (exact) mass is 484 g/mol. The standard InChI is InChI=1S/C30H44O5/c1-20(15-16-35-28(33)14-10-22-9-12-25(32)26(17-22)34-6)7-11-24-21(2)8-13-27-29(3,4)18-23(31)19-30(24,27)5/h8-10,12,14,17,20,23-24,27,31-32H,7,11,13,15-16,18-19H2,1-6H3. The number of carbonyl (C=O) groups is 1. The van der Waals surface area contributed by atoms with Gasteiger partial charge in [-0.2, -0.15) is 0 Å². The highest BCUT2D eigenvalue weighted by molar-refractivity contribution is 5.87. The van der Waals surface area contributed by atoms with Gasteiger partial charge in [-0.05, 0) is 97.8 Å². The molecule has 5 heteroatoms. The molecule has 3 rings (SSSR count). The van der Waals surface area contributed by atoms with E-state index >= 15 is 0 Å². The van der Waals surface area contributed by atoms with Gasteiger partial charge in [0.2, 0.25) is 0 Å². The molecule has 0 radical (unpaired) electrons. The zero-order chi connectivity index (χ0) is 25.8. The molecule has 5 atom stereocenters. The van der Waals surface area contributed by atoms with Crippen LogP contribution in [0.15, 0.2) is 35.9 Å². The average molecular weight is 485 g/mol. The Morgan fingerprint density at radius 3 is 2.69 bits per heavy atom. The molecule has 35 heavy (non-hydrogen) atoms. The Morgan fingerprint density at radius 2 is 1.97 bits per heavy atom. The zero-order valence-corrected chi connectivity index (χ0v) is 22.3. The van der Waals surface area contributed by atoms with Crippen molar-refractivity contribution in [3.63, 3.8) is 0 Å². The van der Waals surface area contributed by atoms with Crippen molar-refractivity contribution in [3.8, 4) is 11.5 Å². The van der Waals surface area contributed by atoms with Crippen LogP contribution in [0.1, 0.15) is 78.7 Å². The highest BCUT2D eigenvalue weighted by atomic mass is 16.5. The molecule has 1 saturated carbocycles. The maximum atomic E-state index is 12.1. The minimum absolute atomic E-state index is 0.0630. The van der Waals surface area contributed by atoms with E-state index in [4.69, 9.17) is 9.47 Å². The van der Waals surface area contributed by atoms with Gasteiger partial charge in [-0.25, -0.2) is 4.79 Å². The van der Waals surface area contributed by atoms with Crippen LogP contribution in [0.3, 0.4) is 0 Å². The Kier molecular flexibility index (Phi) is 8.74. The molecule has 2 aliphatic carbocycles. The number of hydrogen-bond donors (Lipinski definition) is 2. The van der Waals surface area contributed by atoms with Crippen LogP contribution in [0.4, 0.5) is 0 Å². The molecule has 0 aromatic heterocycles. The second-order valence-corrected chi connectivity index (χ2v) is 11.7. The Morgan fingerprint density at radius 1 is 1.23 bits per heavy atom. The van der Waals surface area contributed by atoms with Crippen LogP contribution in [-0.4, -0.2) is 36.0 Å². The number of aromatic hydroxyl groups is 1. The summed E-state index contributed by atoms with van der Waals surface area (Å²) in [7, 11) is 1.49. The zero-order valence-electron chi connectivity index (χ0n) is 22.3. The number of phenolic OH excluding ortho intramolecular Hbond substituents is 1. The molecule has 2 aliphatic rings. The number of phenols is 1. The molecular weight excluding hydrogens is 440 g/mol. The van der Waals surface area contributed by atoms with Crippen LogP contribution in [0.25, 0.3) is 6.08 Å². The smallest absolute Gasteiger partial charge is 0.330 e. The van der Waals surface area contributed by atoms with Crippen LogP contribution in [0.5, 0.6) is 11.5 Å². The van der Waals surface area contributed by atoms with Gasteiger partial charge in [0.15, 0.2) is 11.5 Å². The average Bonchev–Trinajstić information content (AvgIpc) is 2.76. The Balaban J connectivity index is 1.48. The molecule has 194 valence electrons. The summed E-state index contributed by atoms with van der Waals surface area (Å²) >= 11 is 0. The molecule has 0 bridgehead atoms. The molecule has 0 amide bonds. The van der Waals surface area contributed by atoms with Gasteiger partial charge in [0, 0.05) is 6.08 Å². The molecule has 0 spiro atoms. The van der Waals surface area contributed by atoms with E-state index in [1.807, 2.05) is 0 Å². The Hall–Kier alpha value is -2.27. The number of rotatable bonds is 9. The predicted octanol–water partition coefficient (Wildman–Crippen LogP) is 6.53. The normalized spacial score (nSPS) is 28.8. The van der Waals surface area contributed by atoms with Crippen molar-refractivity contribution in [2.24, 2.45) is 28.6 Å². The number of ether oxygens (including phenoxy) is 2. The van der Waals surface area contributed by atoms with E-state index < -0.39 is 0 Å². The quantitative estimate of drug-likeness (QED) is 0.237. The van der Waals surface area contributed by atoms with Crippen molar-refractivity contribution in [2.45, 2.75) is 79.2 Å². The number of benzene rings is 1. The Labute approximate surface area is 211 Å². The van der Waals surface area contributed by atoms with Crippen molar-refractivity contribution < 1.29 is 24.5 Å². The van der Waals surface area contributed by atoms with Gasteiger partial charge >= 0.3 is 5.97 Å². The molecule has 0 aliphatic heterocycles. The van der Waals surface area contributed by atoms with Crippen LogP contribution in [0, 0.1) is 28.6 Å². The van der Waals surface area contributed by atoms with Crippen molar-refractivity contribution in [1.82, 2.24) is 0 Å².